The largest absolute Gasteiger partial charge is 0.489 e. The molecule has 0 aromatic carbocycles. The van der Waals surface area contributed by atoms with Crippen molar-refractivity contribution in [1.29, 1.82) is 0 Å². The highest BCUT2D eigenvalue weighted by molar-refractivity contribution is 6.57. The predicted molar refractivity (Wildman–Crippen MR) is 45.5 cm³/mol. The molecule has 0 fully saturated rings. The van der Waals surface area contributed by atoms with Gasteiger partial charge in [-0.3, -0.25) is 4.99 Å². The highest BCUT2D eigenvalue weighted by Gasteiger charge is 2.16. The van der Waals surface area contributed by atoms with E-state index in [0.717, 1.165) is 12.8 Å². The lowest BCUT2D eigenvalue weighted by Gasteiger charge is -2.12. The van der Waals surface area contributed by atoms with Crippen molar-refractivity contribution in [1.82, 2.24) is 0 Å². The fourth-order valence-electron chi connectivity index (χ4n) is 1.02. The maximum absolute atomic E-state index is 8.73. The summed E-state index contributed by atoms with van der Waals surface area (Å²) in [7, 11) is -1.36. The van der Waals surface area contributed by atoms with E-state index < -0.39 is 7.12 Å². The normalized spacial score (nSPS) is 23.2. The molecule has 0 aromatic rings. The van der Waals surface area contributed by atoms with Crippen LogP contribution in [0.15, 0.2) is 16.5 Å². The van der Waals surface area contributed by atoms with Crippen LogP contribution < -0.4 is 0 Å². The van der Waals surface area contributed by atoms with Crippen LogP contribution in [0.5, 0.6) is 0 Å². The topological polar surface area (TPSA) is 52.8 Å². The van der Waals surface area contributed by atoms with E-state index in [0.29, 0.717) is 11.5 Å². The number of aliphatic imine (C=N–C) groups is 1. The molecule has 0 aliphatic carbocycles. The van der Waals surface area contributed by atoms with Crippen LogP contribution in [-0.4, -0.2) is 29.4 Å². The monoisotopic (exact) mass is 153 g/mol. The minimum atomic E-state index is -1.36. The van der Waals surface area contributed by atoms with E-state index in [-0.39, 0.29) is 0 Å². The summed E-state index contributed by atoms with van der Waals surface area (Å²) in [5.74, 6) is 0. The number of nitrogens with zero attached hydrogens (tertiary/aromatic N) is 1. The van der Waals surface area contributed by atoms with Crippen LogP contribution in [0.3, 0.4) is 0 Å². The number of hydrogen-bond acceptors (Lipinski definition) is 3. The average molecular weight is 153 g/mol. The van der Waals surface area contributed by atoms with E-state index in [9.17, 15) is 0 Å². The van der Waals surface area contributed by atoms with E-state index >= 15 is 0 Å². The lowest BCUT2D eigenvalue weighted by molar-refractivity contribution is 0.421. The van der Waals surface area contributed by atoms with Crippen molar-refractivity contribution in [3.63, 3.8) is 0 Å². The summed E-state index contributed by atoms with van der Waals surface area (Å²) in [4.78, 5) is 4.14. The van der Waals surface area contributed by atoms with Gasteiger partial charge in [-0.15, -0.1) is 0 Å². The fraction of sp³-hybridized carbons (Fsp3) is 0.571. The lowest BCUT2D eigenvalue weighted by Crippen LogP contribution is -2.20. The summed E-state index contributed by atoms with van der Waals surface area (Å²) in [5.41, 5.74) is 0.509. The molecule has 1 aliphatic heterocycles. The molecule has 1 atom stereocenters. The summed E-state index contributed by atoms with van der Waals surface area (Å²) in [6.45, 7) is 2.07. The molecule has 1 unspecified atom stereocenters. The van der Waals surface area contributed by atoms with E-state index in [1.54, 1.807) is 6.21 Å². The van der Waals surface area contributed by atoms with Crippen LogP contribution in [0.1, 0.15) is 19.8 Å². The summed E-state index contributed by atoms with van der Waals surface area (Å²) in [6.07, 6.45) is 5.19. The van der Waals surface area contributed by atoms with Gasteiger partial charge in [0.25, 0.3) is 0 Å². The zero-order valence-electron chi connectivity index (χ0n) is 6.57. The molecule has 4 heteroatoms. The van der Waals surface area contributed by atoms with Gasteiger partial charge in [0, 0.05) is 6.21 Å². The van der Waals surface area contributed by atoms with Gasteiger partial charge in [-0.1, -0.05) is 13.0 Å². The Morgan fingerprint density at radius 3 is 2.82 bits per heavy atom. The number of hydrogen-bond donors (Lipinski definition) is 2. The lowest BCUT2D eigenvalue weighted by atomic mass is 9.78. The SMILES string of the molecule is CCC1CC=C(B(O)O)C=N1. The van der Waals surface area contributed by atoms with Crippen LogP contribution in [0.25, 0.3) is 0 Å². The molecule has 0 bridgehead atoms. The molecule has 11 heavy (non-hydrogen) atoms. The molecule has 1 heterocycles. The van der Waals surface area contributed by atoms with Gasteiger partial charge in [0.1, 0.15) is 0 Å². The third-order valence-electron chi connectivity index (χ3n) is 1.83. The number of rotatable bonds is 2. The van der Waals surface area contributed by atoms with Crippen molar-refractivity contribution < 1.29 is 10.0 Å². The third kappa shape index (κ3) is 2.17. The Morgan fingerprint density at radius 1 is 1.73 bits per heavy atom. The molecular formula is C7H12BNO2. The van der Waals surface area contributed by atoms with Gasteiger partial charge in [-0.05, 0) is 18.3 Å². The van der Waals surface area contributed by atoms with E-state index in [2.05, 4.69) is 11.9 Å². The second-order valence-corrected chi connectivity index (χ2v) is 2.65. The molecule has 0 radical (unpaired) electrons. The molecule has 0 amide bonds. The van der Waals surface area contributed by atoms with Crippen molar-refractivity contribution in [3.8, 4) is 0 Å². The summed E-state index contributed by atoms with van der Waals surface area (Å²) < 4.78 is 0. The predicted octanol–water partition coefficient (Wildman–Crippen LogP) is 0.178. The quantitative estimate of drug-likeness (QED) is 0.556. The maximum atomic E-state index is 8.73. The first-order chi connectivity index (χ1) is 5.24. The van der Waals surface area contributed by atoms with E-state index in [1.165, 1.54) is 0 Å². The van der Waals surface area contributed by atoms with E-state index in [1.807, 2.05) is 6.08 Å². The zero-order valence-corrected chi connectivity index (χ0v) is 6.57. The van der Waals surface area contributed by atoms with Crippen LogP contribution in [0, 0.1) is 0 Å². The van der Waals surface area contributed by atoms with Gasteiger partial charge >= 0.3 is 7.12 Å². The van der Waals surface area contributed by atoms with Crippen LogP contribution in [0.4, 0.5) is 0 Å². The highest BCUT2D eigenvalue weighted by Crippen LogP contribution is 2.11. The first-order valence-corrected chi connectivity index (χ1v) is 3.83. The van der Waals surface area contributed by atoms with Gasteiger partial charge in [-0.25, -0.2) is 0 Å². The Hall–Kier alpha value is -0.605. The maximum Gasteiger partial charge on any atom is 0.489 e. The standard InChI is InChI=1S/C7H12BNO2/c1-2-7-4-3-6(5-9-7)8(10)11/h3,5,7,10-11H,2,4H2,1H3. The van der Waals surface area contributed by atoms with Crippen LogP contribution >= 0.6 is 0 Å². The van der Waals surface area contributed by atoms with Crippen molar-refractivity contribution in [2.45, 2.75) is 25.8 Å². The smallest absolute Gasteiger partial charge is 0.423 e. The fourth-order valence-corrected chi connectivity index (χ4v) is 1.02. The van der Waals surface area contributed by atoms with Crippen molar-refractivity contribution in [2.75, 3.05) is 0 Å². The van der Waals surface area contributed by atoms with Crippen molar-refractivity contribution in [3.05, 3.63) is 11.5 Å². The Labute approximate surface area is 66.6 Å². The molecular weight excluding hydrogens is 141 g/mol. The molecule has 1 aliphatic rings. The average Bonchev–Trinajstić information content (AvgIpc) is 2.05. The molecule has 0 saturated carbocycles. The molecule has 60 valence electrons. The first kappa shape index (κ1) is 8.49. The molecule has 3 nitrogen and oxygen atoms in total. The molecule has 2 N–H and O–H groups in total. The Morgan fingerprint density at radius 2 is 2.45 bits per heavy atom. The third-order valence-corrected chi connectivity index (χ3v) is 1.83. The van der Waals surface area contributed by atoms with Crippen molar-refractivity contribution >= 4 is 13.3 Å². The summed E-state index contributed by atoms with van der Waals surface area (Å²) >= 11 is 0. The van der Waals surface area contributed by atoms with Gasteiger partial charge < -0.3 is 10.0 Å². The number of dihydropyridines is 1. The molecule has 0 saturated heterocycles. The minimum absolute atomic E-state index is 0.331. The van der Waals surface area contributed by atoms with Crippen LogP contribution in [0.2, 0.25) is 0 Å². The highest BCUT2D eigenvalue weighted by atomic mass is 16.4. The molecule has 0 aromatic heterocycles. The summed E-state index contributed by atoms with van der Waals surface area (Å²) in [5, 5.41) is 17.5. The first-order valence-electron chi connectivity index (χ1n) is 3.83. The minimum Gasteiger partial charge on any atom is -0.423 e. The van der Waals surface area contributed by atoms with Gasteiger partial charge in [0.2, 0.25) is 0 Å². The Balaban J connectivity index is 2.53. The molecule has 0 spiro atoms. The van der Waals surface area contributed by atoms with Crippen molar-refractivity contribution in [2.24, 2.45) is 4.99 Å². The Kier molecular flexibility index (Phi) is 2.85. The van der Waals surface area contributed by atoms with Gasteiger partial charge in [0.15, 0.2) is 0 Å². The van der Waals surface area contributed by atoms with Crippen LogP contribution in [-0.2, 0) is 0 Å². The second kappa shape index (κ2) is 3.69. The number of allylic oxidation sites excluding steroid dienone is 1. The zero-order chi connectivity index (χ0) is 8.27. The Bertz CT molecular complexity index is 189. The molecule has 1 rings (SSSR count). The van der Waals surface area contributed by atoms with E-state index in [4.69, 9.17) is 10.0 Å². The van der Waals surface area contributed by atoms with Gasteiger partial charge in [0.05, 0.1) is 6.04 Å². The second-order valence-electron chi connectivity index (χ2n) is 2.65. The summed E-state index contributed by atoms with van der Waals surface area (Å²) in [6, 6.07) is 0.331. The van der Waals surface area contributed by atoms with Gasteiger partial charge in [-0.2, -0.15) is 0 Å².